The summed E-state index contributed by atoms with van der Waals surface area (Å²) in [6, 6.07) is 0. The molecule has 5 heteroatoms. The second kappa shape index (κ2) is 10.2. The van der Waals surface area contributed by atoms with Crippen molar-refractivity contribution in [2.75, 3.05) is 6.61 Å². The van der Waals surface area contributed by atoms with E-state index in [4.69, 9.17) is 4.43 Å². The average molecular weight is 362 g/mol. The molecule has 0 N–H and O–H groups in total. The molecule has 0 aromatic carbocycles. The first-order chi connectivity index (χ1) is 10.4. The molecule has 0 radical (unpaired) electrons. The lowest BCUT2D eigenvalue weighted by molar-refractivity contribution is 0.343. The van der Waals surface area contributed by atoms with Crippen molar-refractivity contribution in [3.63, 3.8) is 0 Å². The summed E-state index contributed by atoms with van der Waals surface area (Å²) in [5.74, 6) is 0. The molecule has 0 amide bonds. The summed E-state index contributed by atoms with van der Waals surface area (Å²) < 4.78 is 22.4. The van der Waals surface area contributed by atoms with Gasteiger partial charge in [-0.2, -0.15) is 0 Å². The third kappa shape index (κ3) is 9.27. The van der Waals surface area contributed by atoms with Crippen LogP contribution in [0.4, 0.5) is 0 Å². The SMILES string of the molecule is CCCCCCCC(C)(C)[S@+]([O-])N=CCO[Si](C)(C)C(C)(C)C. The minimum Gasteiger partial charge on any atom is -0.591 e. The van der Waals surface area contributed by atoms with Gasteiger partial charge in [-0.05, 0) is 44.8 Å². The van der Waals surface area contributed by atoms with Crippen LogP contribution in [0.3, 0.4) is 0 Å². The van der Waals surface area contributed by atoms with Crippen LogP contribution in [-0.2, 0) is 15.8 Å². The molecule has 0 aliphatic rings. The molecule has 0 unspecified atom stereocenters. The van der Waals surface area contributed by atoms with Gasteiger partial charge in [-0.25, -0.2) is 0 Å². The first-order valence-electron chi connectivity index (χ1n) is 9.02. The van der Waals surface area contributed by atoms with Crippen LogP contribution in [-0.4, -0.2) is 30.4 Å². The van der Waals surface area contributed by atoms with Gasteiger partial charge >= 0.3 is 0 Å². The molecule has 1 atom stereocenters. The first kappa shape index (κ1) is 23.2. The fourth-order valence-corrected chi connectivity index (χ4v) is 3.67. The molecule has 0 bridgehead atoms. The van der Waals surface area contributed by atoms with Crippen LogP contribution in [0.25, 0.3) is 0 Å². The number of hydrogen-bond acceptors (Lipinski definition) is 3. The molecule has 0 heterocycles. The van der Waals surface area contributed by atoms with Gasteiger partial charge < -0.3 is 8.98 Å². The second-order valence-electron chi connectivity index (χ2n) is 8.53. The average Bonchev–Trinajstić information content (AvgIpc) is 2.41. The van der Waals surface area contributed by atoms with Crippen LogP contribution in [0.1, 0.15) is 80.1 Å². The fourth-order valence-electron chi connectivity index (χ4n) is 1.94. The lowest BCUT2D eigenvalue weighted by Crippen LogP contribution is -2.41. The smallest absolute Gasteiger partial charge is 0.192 e. The van der Waals surface area contributed by atoms with Gasteiger partial charge in [-0.3, -0.25) is 0 Å². The predicted molar refractivity (Wildman–Crippen MR) is 107 cm³/mol. The third-order valence-corrected chi connectivity index (χ3v) is 10.8. The topological polar surface area (TPSA) is 44.7 Å². The Labute approximate surface area is 149 Å². The van der Waals surface area contributed by atoms with E-state index in [1.807, 2.05) is 0 Å². The molecular formula is C18H39NO2SSi. The zero-order valence-electron chi connectivity index (χ0n) is 16.7. The quantitative estimate of drug-likeness (QED) is 0.199. The van der Waals surface area contributed by atoms with Crippen molar-refractivity contribution >= 4 is 25.9 Å². The molecule has 0 aromatic rings. The van der Waals surface area contributed by atoms with Crippen molar-refractivity contribution in [3.8, 4) is 0 Å². The van der Waals surface area contributed by atoms with E-state index in [0.29, 0.717) is 6.61 Å². The van der Waals surface area contributed by atoms with Crippen molar-refractivity contribution in [1.29, 1.82) is 0 Å². The van der Waals surface area contributed by atoms with E-state index in [-0.39, 0.29) is 9.79 Å². The van der Waals surface area contributed by atoms with Gasteiger partial charge in [0.2, 0.25) is 0 Å². The third-order valence-electron chi connectivity index (χ3n) is 4.85. The summed E-state index contributed by atoms with van der Waals surface area (Å²) in [5, 5.41) is 0.192. The van der Waals surface area contributed by atoms with Crippen molar-refractivity contribution in [1.82, 2.24) is 0 Å². The molecule has 0 spiro atoms. The molecule has 138 valence electrons. The summed E-state index contributed by atoms with van der Waals surface area (Å²) >= 11 is -1.18. The Hall–Kier alpha value is 0.157. The maximum Gasteiger partial charge on any atom is 0.192 e. The lowest BCUT2D eigenvalue weighted by Gasteiger charge is -2.35. The number of hydrogen-bond donors (Lipinski definition) is 0. The van der Waals surface area contributed by atoms with Crippen molar-refractivity contribution in [2.45, 2.75) is 103 Å². The summed E-state index contributed by atoms with van der Waals surface area (Å²) in [6.07, 6.45) is 8.86. The van der Waals surface area contributed by atoms with Gasteiger partial charge in [0.1, 0.15) is 16.1 Å². The predicted octanol–water partition coefficient (Wildman–Crippen LogP) is 5.88. The standard InChI is InChI=1S/C18H39NO2SSi/c1-9-10-11-12-13-14-18(5,6)22(20)19-15-16-21-23(7,8)17(2,3)4/h15H,9-14,16H2,1-8H3/t22-/m0/s1. The molecule has 0 saturated carbocycles. The molecular weight excluding hydrogens is 322 g/mol. The summed E-state index contributed by atoms with van der Waals surface area (Å²) in [5.41, 5.74) is 0. The van der Waals surface area contributed by atoms with Crippen molar-refractivity contribution < 1.29 is 8.98 Å². The Balaban J connectivity index is 4.21. The first-order valence-corrected chi connectivity index (χ1v) is 13.0. The van der Waals surface area contributed by atoms with Crippen LogP contribution in [0, 0.1) is 0 Å². The van der Waals surface area contributed by atoms with E-state index in [9.17, 15) is 4.55 Å². The molecule has 0 fully saturated rings. The Bertz CT molecular complexity index is 351. The molecule has 0 aliphatic heterocycles. The maximum atomic E-state index is 12.4. The van der Waals surface area contributed by atoms with Crippen LogP contribution in [0.5, 0.6) is 0 Å². The van der Waals surface area contributed by atoms with Gasteiger partial charge in [-0.15, -0.1) is 0 Å². The van der Waals surface area contributed by atoms with E-state index < -0.39 is 19.7 Å². The van der Waals surface area contributed by atoms with Crippen molar-refractivity contribution in [2.24, 2.45) is 4.40 Å². The normalized spacial score (nSPS) is 15.3. The zero-order valence-corrected chi connectivity index (χ0v) is 18.5. The molecule has 0 aromatic heterocycles. The van der Waals surface area contributed by atoms with Gasteiger partial charge in [-0.1, -0.05) is 57.8 Å². The Morgan fingerprint density at radius 1 is 1.04 bits per heavy atom. The van der Waals surface area contributed by atoms with Gasteiger partial charge in [0, 0.05) is 0 Å². The molecule has 0 rings (SSSR count). The highest BCUT2D eigenvalue weighted by Gasteiger charge is 2.37. The zero-order chi connectivity index (χ0) is 18.1. The molecule has 0 aliphatic carbocycles. The highest BCUT2D eigenvalue weighted by atomic mass is 32.2. The van der Waals surface area contributed by atoms with Gasteiger partial charge in [0.05, 0.1) is 12.8 Å². The van der Waals surface area contributed by atoms with Crippen LogP contribution >= 0.6 is 0 Å². The number of rotatable bonds is 11. The fraction of sp³-hybridized carbons (Fsp3) is 0.944. The van der Waals surface area contributed by atoms with E-state index in [0.717, 1.165) is 12.8 Å². The molecule has 3 nitrogen and oxygen atoms in total. The van der Waals surface area contributed by atoms with Gasteiger partial charge in [0.25, 0.3) is 0 Å². The van der Waals surface area contributed by atoms with E-state index in [1.54, 1.807) is 6.21 Å². The van der Waals surface area contributed by atoms with Crippen LogP contribution < -0.4 is 0 Å². The summed E-state index contributed by atoms with van der Waals surface area (Å²) in [6.45, 7) is 17.9. The van der Waals surface area contributed by atoms with Gasteiger partial charge in [0.15, 0.2) is 8.32 Å². The van der Waals surface area contributed by atoms with E-state index in [2.05, 4.69) is 59.0 Å². The summed E-state index contributed by atoms with van der Waals surface area (Å²) in [4.78, 5) is 0. The second-order valence-corrected chi connectivity index (χ2v) is 15.2. The monoisotopic (exact) mass is 361 g/mol. The highest BCUT2D eigenvalue weighted by molar-refractivity contribution is 7.91. The minimum absolute atomic E-state index is 0.192. The van der Waals surface area contributed by atoms with Crippen molar-refractivity contribution in [3.05, 3.63) is 0 Å². The maximum absolute atomic E-state index is 12.4. The van der Waals surface area contributed by atoms with E-state index >= 15 is 0 Å². The highest BCUT2D eigenvalue weighted by Crippen LogP contribution is 2.36. The van der Waals surface area contributed by atoms with Crippen LogP contribution in [0.2, 0.25) is 18.1 Å². The largest absolute Gasteiger partial charge is 0.591 e. The summed E-state index contributed by atoms with van der Waals surface area (Å²) in [7, 11) is -1.75. The Kier molecular flexibility index (Phi) is 10.3. The van der Waals surface area contributed by atoms with E-state index in [1.165, 1.54) is 25.7 Å². The molecule has 0 saturated heterocycles. The number of unbranched alkanes of at least 4 members (excludes halogenated alkanes) is 4. The molecule has 23 heavy (non-hydrogen) atoms. The Morgan fingerprint density at radius 2 is 1.61 bits per heavy atom. The van der Waals surface area contributed by atoms with Crippen LogP contribution in [0.15, 0.2) is 4.40 Å². The lowest BCUT2D eigenvalue weighted by atomic mass is 10.0. The number of nitrogens with zero attached hydrogens (tertiary/aromatic N) is 1. The Morgan fingerprint density at radius 3 is 2.13 bits per heavy atom. The minimum atomic E-state index is -1.75.